The largest absolute Gasteiger partial charge is 0.453 e. The molecule has 146 valence electrons. The highest BCUT2D eigenvalue weighted by Gasteiger charge is 2.12. The van der Waals surface area contributed by atoms with Gasteiger partial charge in [-0.05, 0) is 60.1 Å². The molecule has 0 aliphatic rings. The van der Waals surface area contributed by atoms with E-state index in [1.54, 1.807) is 18.5 Å². The number of nitrogens with zero attached hydrogens (tertiary/aromatic N) is 4. The van der Waals surface area contributed by atoms with Gasteiger partial charge in [-0.3, -0.25) is 9.88 Å². The van der Waals surface area contributed by atoms with Gasteiger partial charge in [-0.15, -0.1) is 0 Å². The molecular formula is C23H22N4OS. The Bertz CT molecular complexity index is 1020. The van der Waals surface area contributed by atoms with Crippen LogP contribution in [0.4, 0.5) is 0 Å². The highest BCUT2D eigenvalue weighted by molar-refractivity contribution is 7.99. The molecule has 0 aliphatic heterocycles. The van der Waals surface area contributed by atoms with Crippen LogP contribution in [0.1, 0.15) is 22.5 Å². The standard InChI is InChI=1S/C23H22N4OS/c1-18-3-5-19(6-4-18)15-27(16-20-9-13-24-14-10-20)17-21-7-8-22(28-21)29-23-25-11-2-12-26-23/h2-14H,15-17H2,1H3. The number of benzene rings is 1. The van der Waals surface area contributed by atoms with Crippen molar-refractivity contribution in [2.75, 3.05) is 0 Å². The first kappa shape index (κ1) is 19.4. The highest BCUT2D eigenvalue weighted by Crippen LogP contribution is 2.27. The van der Waals surface area contributed by atoms with Crippen molar-refractivity contribution >= 4 is 11.8 Å². The summed E-state index contributed by atoms with van der Waals surface area (Å²) in [6.07, 6.45) is 7.14. The maximum atomic E-state index is 6.04. The Kier molecular flexibility index (Phi) is 6.34. The zero-order valence-corrected chi connectivity index (χ0v) is 17.0. The average molecular weight is 403 g/mol. The van der Waals surface area contributed by atoms with Crippen molar-refractivity contribution in [2.45, 2.75) is 36.8 Å². The number of hydrogen-bond donors (Lipinski definition) is 0. The molecule has 3 aromatic heterocycles. The van der Waals surface area contributed by atoms with Crippen molar-refractivity contribution in [1.82, 2.24) is 19.9 Å². The molecular weight excluding hydrogens is 380 g/mol. The first-order valence-electron chi connectivity index (χ1n) is 9.45. The molecule has 0 fully saturated rings. The lowest BCUT2D eigenvalue weighted by Gasteiger charge is -2.21. The Balaban J connectivity index is 1.47. The zero-order valence-electron chi connectivity index (χ0n) is 16.2. The monoisotopic (exact) mass is 402 g/mol. The second-order valence-corrected chi connectivity index (χ2v) is 7.81. The molecule has 0 atom stereocenters. The summed E-state index contributed by atoms with van der Waals surface area (Å²) in [6.45, 7) is 4.48. The number of hydrogen-bond acceptors (Lipinski definition) is 6. The van der Waals surface area contributed by atoms with Crippen molar-refractivity contribution in [3.05, 3.63) is 102 Å². The number of rotatable bonds is 8. The van der Waals surface area contributed by atoms with E-state index in [9.17, 15) is 0 Å². The van der Waals surface area contributed by atoms with Gasteiger partial charge in [-0.1, -0.05) is 29.8 Å². The van der Waals surface area contributed by atoms with Crippen molar-refractivity contribution in [3.8, 4) is 0 Å². The van der Waals surface area contributed by atoms with Crippen LogP contribution in [0.2, 0.25) is 0 Å². The van der Waals surface area contributed by atoms with Crippen molar-refractivity contribution in [3.63, 3.8) is 0 Å². The SMILES string of the molecule is Cc1ccc(CN(Cc2ccncc2)Cc2ccc(Sc3ncccn3)o2)cc1. The minimum atomic E-state index is 0.682. The van der Waals surface area contributed by atoms with E-state index in [2.05, 4.69) is 63.2 Å². The summed E-state index contributed by atoms with van der Waals surface area (Å²) in [5.74, 6) is 0.921. The van der Waals surface area contributed by atoms with Gasteiger partial charge in [0.2, 0.25) is 0 Å². The molecule has 0 amide bonds. The van der Waals surface area contributed by atoms with Crippen LogP contribution < -0.4 is 0 Å². The molecule has 0 spiro atoms. The fourth-order valence-corrected chi connectivity index (χ4v) is 3.70. The van der Waals surface area contributed by atoms with Gasteiger partial charge < -0.3 is 4.42 Å². The summed E-state index contributed by atoms with van der Waals surface area (Å²) in [7, 11) is 0. The summed E-state index contributed by atoms with van der Waals surface area (Å²) in [4.78, 5) is 15.0. The summed E-state index contributed by atoms with van der Waals surface area (Å²) >= 11 is 1.43. The molecule has 4 rings (SSSR count). The van der Waals surface area contributed by atoms with E-state index in [4.69, 9.17) is 4.42 Å². The second kappa shape index (κ2) is 9.49. The van der Waals surface area contributed by atoms with E-state index in [1.165, 1.54) is 28.5 Å². The molecule has 0 saturated carbocycles. The van der Waals surface area contributed by atoms with E-state index in [-0.39, 0.29) is 0 Å². The molecule has 29 heavy (non-hydrogen) atoms. The van der Waals surface area contributed by atoms with E-state index in [0.29, 0.717) is 11.7 Å². The van der Waals surface area contributed by atoms with Gasteiger partial charge in [0.1, 0.15) is 5.76 Å². The highest BCUT2D eigenvalue weighted by atomic mass is 32.2. The Morgan fingerprint density at radius 1 is 0.793 bits per heavy atom. The molecule has 4 aromatic rings. The molecule has 0 unspecified atom stereocenters. The van der Waals surface area contributed by atoms with E-state index < -0.39 is 0 Å². The number of pyridine rings is 1. The van der Waals surface area contributed by atoms with Crippen molar-refractivity contribution < 1.29 is 4.42 Å². The minimum Gasteiger partial charge on any atom is -0.453 e. The first-order valence-corrected chi connectivity index (χ1v) is 10.3. The van der Waals surface area contributed by atoms with Crippen molar-refractivity contribution in [2.24, 2.45) is 0 Å². The van der Waals surface area contributed by atoms with Crippen LogP contribution in [0.5, 0.6) is 0 Å². The van der Waals surface area contributed by atoms with Crippen LogP contribution in [-0.2, 0) is 19.6 Å². The van der Waals surface area contributed by atoms with E-state index in [0.717, 1.165) is 23.9 Å². The lowest BCUT2D eigenvalue weighted by atomic mass is 10.1. The summed E-state index contributed by atoms with van der Waals surface area (Å²) in [5.41, 5.74) is 3.78. The van der Waals surface area contributed by atoms with Gasteiger partial charge in [0.05, 0.1) is 6.54 Å². The Morgan fingerprint density at radius 2 is 1.48 bits per heavy atom. The average Bonchev–Trinajstić information content (AvgIpc) is 3.18. The predicted molar refractivity (Wildman–Crippen MR) is 113 cm³/mol. The van der Waals surface area contributed by atoms with Crippen LogP contribution in [0, 0.1) is 6.92 Å². The molecule has 0 N–H and O–H groups in total. The maximum absolute atomic E-state index is 6.04. The van der Waals surface area contributed by atoms with Crippen LogP contribution >= 0.6 is 11.8 Å². The minimum absolute atomic E-state index is 0.682. The third kappa shape index (κ3) is 5.76. The normalized spacial score (nSPS) is 11.1. The fourth-order valence-electron chi connectivity index (χ4n) is 3.01. The van der Waals surface area contributed by atoms with Gasteiger partial charge in [-0.2, -0.15) is 0 Å². The second-order valence-electron chi connectivity index (χ2n) is 6.84. The van der Waals surface area contributed by atoms with Crippen LogP contribution in [-0.4, -0.2) is 19.9 Å². The third-order valence-electron chi connectivity index (χ3n) is 4.43. The molecule has 0 radical (unpaired) electrons. The maximum Gasteiger partial charge on any atom is 0.195 e. The smallest absolute Gasteiger partial charge is 0.195 e. The lowest BCUT2D eigenvalue weighted by Crippen LogP contribution is -2.22. The molecule has 3 heterocycles. The fraction of sp³-hybridized carbons (Fsp3) is 0.174. The van der Waals surface area contributed by atoms with Gasteiger partial charge in [0.15, 0.2) is 10.2 Å². The first-order chi connectivity index (χ1) is 14.2. The quantitative estimate of drug-likeness (QED) is 0.381. The topological polar surface area (TPSA) is 55.1 Å². The molecule has 5 nitrogen and oxygen atoms in total. The third-order valence-corrected chi connectivity index (χ3v) is 5.25. The van der Waals surface area contributed by atoms with Crippen LogP contribution in [0.3, 0.4) is 0 Å². The number of aryl methyl sites for hydroxylation is 1. The van der Waals surface area contributed by atoms with Gasteiger partial charge in [-0.25, -0.2) is 9.97 Å². The Morgan fingerprint density at radius 3 is 2.21 bits per heavy atom. The zero-order chi connectivity index (χ0) is 19.9. The van der Waals surface area contributed by atoms with Crippen LogP contribution in [0.15, 0.2) is 94.1 Å². The van der Waals surface area contributed by atoms with Gasteiger partial charge >= 0.3 is 0 Å². The predicted octanol–water partition coefficient (Wildman–Crippen LogP) is 5.13. The Labute approximate surface area is 174 Å². The molecule has 0 bridgehead atoms. The molecule has 1 aromatic carbocycles. The van der Waals surface area contributed by atoms with Gasteiger partial charge in [0.25, 0.3) is 0 Å². The Hall–Kier alpha value is -2.96. The summed E-state index contributed by atoms with van der Waals surface area (Å²) in [5, 5.41) is 1.48. The summed E-state index contributed by atoms with van der Waals surface area (Å²) in [6, 6.07) is 18.6. The summed E-state index contributed by atoms with van der Waals surface area (Å²) < 4.78 is 6.04. The van der Waals surface area contributed by atoms with E-state index in [1.807, 2.05) is 24.5 Å². The number of furan rings is 1. The molecule has 0 aliphatic carbocycles. The lowest BCUT2D eigenvalue weighted by molar-refractivity contribution is 0.221. The molecule has 6 heteroatoms. The molecule has 0 saturated heterocycles. The number of aromatic nitrogens is 3. The van der Waals surface area contributed by atoms with Crippen molar-refractivity contribution in [1.29, 1.82) is 0 Å². The van der Waals surface area contributed by atoms with Crippen LogP contribution in [0.25, 0.3) is 0 Å². The van der Waals surface area contributed by atoms with E-state index >= 15 is 0 Å². The van der Waals surface area contributed by atoms with Gasteiger partial charge in [0, 0.05) is 37.9 Å².